The highest BCUT2D eigenvalue weighted by Crippen LogP contribution is 2.59. The van der Waals surface area contributed by atoms with Gasteiger partial charge in [0.1, 0.15) is 0 Å². The minimum Gasteiger partial charge on any atom is -0.0861 e. The molecular formula is C12H9Br3. The van der Waals surface area contributed by atoms with E-state index in [0.29, 0.717) is 15.6 Å². The molecule has 1 aromatic rings. The molecule has 0 saturated carbocycles. The van der Waals surface area contributed by atoms with Crippen molar-refractivity contribution in [2.75, 3.05) is 0 Å². The van der Waals surface area contributed by atoms with Gasteiger partial charge in [-0.15, -0.1) is 0 Å². The summed E-state index contributed by atoms with van der Waals surface area (Å²) in [4.78, 5) is 0.768. The van der Waals surface area contributed by atoms with Crippen LogP contribution in [0, 0.1) is 0 Å². The summed E-state index contributed by atoms with van der Waals surface area (Å²) in [5.41, 5.74) is 2.84. The Kier molecular flexibility index (Phi) is 2.42. The first-order valence-corrected chi connectivity index (χ1v) is 7.52. The molecule has 0 amide bonds. The summed E-state index contributed by atoms with van der Waals surface area (Å²) in [5, 5.41) is 0. The van der Waals surface area contributed by atoms with Crippen molar-refractivity contribution in [1.82, 2.24) is 0 Å². The third-order valence-corrected chi connectivity index (χ3v) is 8.34. The average Bonchev–Trinajstić information content (AvgIpc) is 2.49. The number of hydrogen-bond acceptors (Lipinski definition) is 0. The largest absolute Gasteiger partial charge is 0.0861 e. The Bertz CT molecular complexity index is 440. The molecule has 2 bridgehead atoms. The normalized spacial score (nSPS) is 41.7. The van der Waals surface area contributed by atoms with Gasteiger partial charge >= 0.3 is 0 Å². The number of alkyl halides is 3. The number of benzene rings is 1. The molecule has 0 spiro atoms. The number of hydrogen-bond donors (Lipinski definition) is 0. The van der Waals surface area contributed by atoms with E-state index in [4.69, 9.17) is 0 Å². The van der Waals surface area contributed by atoms with Gasteiger partial charge in [0.05, 0.1) is 9.15 Å². The molecule has 0 unspecified atom stereocenters. The summed E-state index contributed by atoms with van der Waals surface area (Å²) in [5.74, 6) is 0.495. The second kappa shape index (κ2) is 3.44. The van der Waals surface area contributed by atoms with Crippen LogP contribution in [0.3, 0.4) is 0 Å². The molecule has 0 fully saturated rings. The second-order valence-electron chi connectivity index (χ2n) is 4.11. The number of fused-ring (bicyclic) bond motifs is 4. The van der Waals surface area contributed by atoms with Gasteiger partial charge in [0.15, 0.2) is 0 Å². The number of allylic oxidation sites excluding steroid dienone is 2. The van der Waals surface area contributed by atoms with E-state index in [-0.39, 0.29) is 4.32 Å². The standard InChI is InChI=1S/C12H9Br3/c13-10-8-4-2-1-3-7(8)9-5-6-12(10,15)11(9)14/h1-6,9-11H/t9-,10+,11+,12-/m0/s1. The highest BCUT2D eigenvalue weighted by molar-refractivity contribution is 9.14. The third-order valence-electron chi connectivity index (χ3n) is 3.31. The molecule has 4 atom stereocenters. The second-order valence-corrected chi connectivity index (χ2v) is 7.38. The molecule has 2 aliphatic carbocycles. The lowest BCUT2D eigenvalue weighted by molar-refractivity contribution is 0.628. The summed E-state index contributed by atoms with van der Waals surface area (Å²) < 4.78 is 0.0199. The van der Waals surface area contributed by atoms with Crippen LogP contribution in [-0.2, 0) is 0 Å². The van der Waals surface area contributed by atoms with Crippen LogP contribution < -0.4 is 0 Å². The van der Waals surface area contributed by atoms with E-state index < -0.39 is 0 Å². The SMILES string of the molecule is Br[C@@H]1c2ccccc2[C@@H]2C=C[C@@]1(Br)[C@@H]2Br. The van der Waals surface area contributed by atoms with Crippen molar-refractivity contribution < 1.29 is 0 Å². The smallest absolute Gasteiger partial charge is 0.0736 e. The molecule has 0 aliphatic heterocycles. The Balaban J connectivity index is 2.25. The molecular weight excluding hydrogens is 384 g/mol. The molecule has 1 aromatic carbocycles. The Morgan fingerprint density at radius 3 is 2.47 bits per heavy atom. The summed E-state index contributed by atoms with van der Waals surface area (Å²) in [7, 11) is 0. The van der Waals surface area contributed by atoms with E-state index in [1.165, 1.54) is 11.1 Å². The lowest BCUT2D eigenvalue weighted by Crippen LogP contribution is -2.38. The van der Waals surface area contributed by atoms with Crippen molar-refractivity contribution in [2.45, 2.75) is 19.9 Å². The van der Waals surface area contributed by atoms with E-state index in [1.54, 1.807) is 0 Å². The maximum absolute atomic E-state index is 3.86. The minimum atomic E-state index is 0.0199. The first kappa shape index (κ1) is 10.5. The average molecular weight is 393 g/mol. The Morgan fingerprint density at radius 2 is 1.73 bits per heavy atom. The summed E-state index contributed by atoms with van der Waals surface area (Å²) in [6.07, 6.45) is 4.57. The molecule has 0 aromatic heterocycles. The molecule has 0 nitrogen and oxygen atoms in total. The van der Waals surface area contributed by atoms with E-state index in [9.17, 15) is 0 Å². The van der Waals surface area contributed by atoms with Crippen molar-refractivity contribution in [1.29, 1.82) is 0 Å². The van der Waals surface area contributed by atoms with Crippen molar-refractivity contribution in [3.05, 3.63) is 47.5 Å². The van der Waals surface area contributed by atoms with Gasteiger partial charge in [-0.05, 0) is 11.1 Å². The number of halogens is 3. The quantitative estimate of drug-likeness (QED) is 0.444. The van der Waals surface area contributed by atoms with Gasteiger partial charge < -0.3 is 0 Å². The Morgan fingerprint density at radius 1 is 1.07 bits per heavy atom. The van der Waals surface area contributed by atoms with Gasteiger partial charge in [-0.2, -0.15) is 0 Å². The monoisotopic (exact) mass is 390 g/mol. The predicted octanol–water partition coefficient (Wildman–Crippen LogP) is 4.69. The lowest BCUT2D eigenvalue weighted by Gasteiger charge is -2.39. The van der Waals surface area contributed by atoms with Crippen LogP contribution in [-0.4, -0.2) is 9.15 Å². The van der Waals surface area contributed by atoms with Gasteiger partial charge in [-0.3, -0.25) is 0 Å². The van der Waals surface area contributed by atoms with Crippen molar-refractivity contribution >= 4 is 47.8 Å². The Labute approximate surface area is 115 Å². The maximum atomic E-state index is 3.86. The fourth-order valence-corrected chi connectivity index (χ4v) is 5.26. The molecule has 0 radical (unpaired) electrons. The molecule has 78 valence electrons. The topological polar surface area (TPSA) is 0 Å². The van der Waals surface area contributed by atoms with E-state index in [0.717, 1.165) is 0 Å². The fraction of sp³-hybridized carbons (Fsp3) is 0.333. The minimum absolute atomic E-state index is 0.0199. The highest BCUT2D eigenvalue weighted by atomic mass is 79.9. The van der Waals surface area contributed by atoms with Gasteiger partial charge in [0, 0.05) is 10.7 Å². The first-order valence-electron chi connectivity index (χ1n) is 4.90. The zero-order valence-electron chi connectivity index (χ0n) is 7.83. The third kappa shape index (κ3) is 1.29. The Hall–Kier alpha value is 0.400. The van der Waals surface area contributed by atoms with E-state index in [2.05, 4.69) is 84.2 Å². The first-order chi connectivity index (χ1) is 7.14. The van der Waals surface area contributed by atoms with Crippen LogP contribution in [0.2, 0.25) is 0 Å². The van der Waals surface area contributed by atoms with Crippen LogP contribution in [0.25, 0.3) is 0 Å². The van der Waals surface area contributed by atoms with E-state index in [1.807, 2.05) is 0 Å². The maximum Gasteiger partial charge on any atom is 0.0736 e. The summed E-state index contributed by atoms with van der Waals surface area (Å²) in [6.45, 7) is 0. The predicted molar refractivity (Wildman–Crippen MR) is 74.4 cm³/mol. The summed E-state index contributed by atoms with van der Waals surface area (Å²) >= 11 is 11.5. The molecule has 0 heterocycles. The van der Waals surface area contributed by atoms with Crippen LogP contribution in [0.15, 0.2) is 36.4 Å². The highest BCUT2D eigenvalue weighted by Gasteiger charge is 2.51. The molecule has 0 N–H and O–H groups in total. The van der Waals surface area contributed by atoms with Crippen LogP contribution in [0.5, 0.6) is 0 Å². The molecule has 3 heteroatoms. The van der Waals surface area contributed by atoms with Gasteiger partial charge in [-0.1, -0.05) is 84.2 Å². The van der Waals surface area contributed by atoms with Crippen LogP contribution in [0.1, 0.15) is 21.9 Å². The lowest BCUT2D eigenvalue weighted by atomic mass is 9.82. The van der Waals surface area contributed by atoms with Gasteiger partial charge in [-0.25, -0.2) is 0 Å². The molecule has 15 heavy (non-hydrogen) atoms. The molecule has 3 rings (SSSR count). The van der Waals surface area contributed by atoms with Crippen LogP contribution in [0.4, 0.5) is 0 Å². The van der Waals surface area contributed by atoms with Crippen molar-refractivity contribution in [3.8, 4) is 0 Å². The molecule has 2 aliphatic rings. The zero-order chi connectivity index (χ0) is 10.6. The van der Waals surface area contributed by atoms with Crippen molar-refractivity contribution in [3.63, 3.8) is 0 Å². The van der Waals surface area contributed by atoms with Gasteiger partial charge in [0.25, 0.3) is 0 Å². The summed E-state index contributed by atoms with van der Waals surface area (Å²) in [6, 6.07) is 8.66. The van der Waals surface area contributed by atoms with E-state index >= 15 is 0 Å². The zero-order valence-corrected chi connectivity index (χ0v) is 12.6. The fourth-order valence-electron chi connectivity index (χ4n) is 2.49. The van der Waals surface area contributed by atoms with Crippen LogP contribution >= 0.6 is 47.8 Å². The molecule has 0 saturated heterocycles. The van der Waals surface area contributed by atoms with Crippen molar-refractivity contribution in [2.24, 2.45) is 0 Å². The van der Waals surface area contributed by atoms with Gasteiger partial charge in [0.2, 0.25) is 0 Å². The number of rotatable bonds is 0.